The monoisotopic (exact) mass is 387 g/mol. The summed E-state index contributed by atoms with van der Waals surface area (Å²) in [5.74, 6) is -0.396. The van der Waals surface area contributed by atoms with Crippen LogP contribution in [0.2, 0.25) is 0 Å². The molecule has 0 bridgehead atoms. The maximum absolute atomic E-state index is 12.4. The van der Waals surface area contributed by atoms with Gasteiger partial charge in [0, 0.05) is 24.0 Å². The molecule has 1 saturated heterocycles. The first-order valence-corrected chi connectivity index (χ1v) is 9.49. The summed E-state index contributed by atoms with van der Waals surface area (Å²) in [6.07, 6.45) is 4.78. The number of esters is 1. The first kappa shape index (κ1) is 20.2. The maximum Gasteiger partial charge on any atom is 0.341 e. The molecule has 8 heteroatoms. The van der Waals surface area contributed by atoms with Gasteiger partial charge in [0.2, 0.25) is 5.91 Å². The number of halogens is 1. The molecule has 1 aromatic heterocycles. The summed E-state index contributed by atoms with van der Waals surface area (Å²) in [5, 5.41) is 3.59. The lowest BCUT2D eigenvalue weighted by atomic mass is 10.1. The third kappa shape index (κ3) is 4.73. The maximum atomic E-state index is 12.4. The second-order valence-corrected chi connectivity index (χ2v) is 7.55. The Morgan fingerprint density at radius 2 is 2.04 bits per heavy atom. The van der Waals surface area contributed by atoms with Gasteiger partial charge in [0.15, 0.2) is 0 Å². The summed E-state index contributed by atoms with van der Waals surface area (Å²) in [6, 6.07) is 0.250. The van der Waals surface area contributed by atoms with Gasteiger partial charge >= 0.3 is 5.97 Å². The standard InChI is InChI=1S/C17H25N3O3S.ClH/c1-2-23-17(22)15-12-4-3-5-13(12)24-16(15)19-14(21)10-20-8-6-11(18)7-9-20;/h11H,2-10,18H2,1H3,(H,19,21);1H. The molecule has 2 heterocycles. The number of piperidine rings is 1. The molecule has 3 N–H and O–H groups in total. The van der Waals surface area contributed by atoms with Crippen molar-refractivity contribution in [1.29, 1.82) is 0 Å². The molecular formula is C17H26ClN3O3S. The van der Waals surface area contributed by atoms with Crippen LogP contribution in [-0.2, 0) is 22.4 Å². The molecule has 1 amide bonds. The van der Waals surface area contributed by atoms with Crippen LogP contribution in [0.25, 0.3) is 0 Å². The SMILES string of the molecule is CCOC(=O)c1c(NC(=O)CN2CCC(N)CC2)sc2c1CCC2.Cl. The predicted octanol–water partition coefficient (Wildman–Crippen LogP) is 2.20. The van der Waals surface area contributed by atoms with Gasteiger partial charge in [-0.25, -0.2) is 4.79 Å². The smallest absolute Gasteiger partial charge is 0.341 e. The number of likely N-dealkylation sites (tertiary alicyclic amines) is 1. The largest absolute Gasteiger partial charge is 0.462 e. The van der Waals surface area contributed by atoms with Gasteiger partial charge < -0.3 is 15.8 Å². The molecule has 6 nitrogen and oxygen atoms in total. The third-order valence-electron chi connectivity index (χ3n) is 4.65. The Labute approximate surface area is 158 Å². The van der Waals surface area contributed by atoms with E-state index in [2.05, 4.69) is 10.2 Å². The molecule has 25 heavy (non-hydrogen) atoms. The van der Waals surface area contributed by atoms with Crippen LogP contribution >= 0.6 is 23.7 Å². The molecule has 1 fully saturated rings. The van der Waals surface area contributed by atoms with E-state index < -0.39 is 0 Å². The highest BCUT2D eigenvalue weighted by atomic mass is 35.5. The number of hydrogen-bond donors (Lipinski definition) is 2. The van der Waals surface area contributed by atoms with E-state index in [1.54, 1.807) is 6.92 Å². The Morgan fingerprint density at radius 3 is 2.72 bits per heavy atom. The number of fused-ring (bicyclic) bond motifs is 1. The van der Waals surface area contributed by atoms with Crippen molar-refractivity contribution in [1.82, 2.24) is 4.90 Å². The van der Waals surface area contributed by atoms with E-state index in [9.17, 15) is 9.59 Å². The summed E-state index contributed by atoms with van der Waals surface area (Å²) in [6.45, 7) is 4.17. The summed E-state index contributed by atoms with van der Waals surface area (Å²) < 4.78 is 5.19. The van der Waals surface area contributed by atoms with Crippen LogP contribution in [0.4, 0.5) is 5.00 Å². The summed E-state index contributed by atoms with van der Waals surface area (Å²) in [7, 11) is 0. The second-order valence-electron chi connectivity index (χ2n) is 6.44. The molecule has 1 aromatic rings. The van der Waals surface area contributed by atoms with Gasteiger partial charge in [-0.05, 0) is 44.6 Å². The Bertz CT molecular complexity index is 627. The van der Waals surface area contributed by atoms with Gasteiger partial charge in [-0.1, -0.05) is 0 Å². The minimum atomic E-state index is -0.323. The Balaban J connectivity index is 0.00000225. The summed E-state index contributed by atoms with van der Waals surface area (Å²) in [5.41, 5.74) is 7.54. The minimum Gasteiger partial charge on any atom is -0.462 e. The van der Waals surface area contributed by atoms with Crippen molar-refractivity contribution in [3.8, 4) is 0 Å². The topological polar surface area (TPSA) is 84.7 Å². The number of hydrogen-bond acceptors (Lipinski definition) is 6. The van der Waals surface area contributed by atoms with Crippen molar-refractivity contribution in [2.75, 3.05) is 31.6 Å². The van der Waals surface area contributed by atoms with Crippen molar-refractivity contribution in [3.63, 3.8) is 0 Å². The number of nitrogens with zero attached hydrogens (tertiary/aromatic N) is 1. The van der Waals surface area contributed by atoms with Crippen LogP contribution in [0.3, 0.4) is 0 Å². The van der Waals surface area contributed by atoms with Crippen molar-refractivity contribution >= 4 is 40.6 Å². The van der Waals surface area contributed by atoms with Crippen LogP contribution in [0.1, 0.15) is 47.0 Å². The molecule has 0 saturated carbocycles. The lowest BCUT2D eigenvalue weighted by molar-refractivity contribution is -0.117. The van der Waals surface area contributed by atoms with E-state index in [1.807, 2.05) is 0 Å². The molecule has 0 atom stereocenters. The van der Waals surface area contributed by atoms with Crippen LogP contribution in [-0.4, -0.2) is 49.1 Å². The highest BCUT2D eigenvalue weighted by Crippen LogP contribution is 2.39. The summed E-state index contributed by atoms with van der Waals surface area (Å²) in [4.78, 5) is 28.0. The first-order chi connectivity index (χ1) is 11.6. The second kappa shape index (κ2) is 8.98. The van der Waals surface area contributed by atoms with E-state index in [4.69, 9.17) is 10.5 Å². The fourth-order valence-corrected chi connectivity index (χ4v) is 4.69. The molecule has 1 aliphatic heterocycles. The Hall–Kier alpha value is -1.15. The van der Waals surface area contributed by atoms with Crippen LogP contribution < -0.4 is 11.1 Å². The number of carbonyl (C=O) groups is 2. The zero-order chi connectivity index (χ0) is 17.1. The highest BCUT2D eigenvalue weighted by Gasteiger charge is 2.28. The molecule has 0 unspecified atom stereocenters. The van der Waals surface area contributed by atoms with Crippen LogP contribution in [0.5, 0.6) is 0 Å². The summed E-state index contributed by atoms with van der Waals surface area (Å²) >= 11 is 1.52. The number of rotatable bonds is 5. The number of nitrogens with one attached hydrogen (secondary N) is 1. The predicted molar refractivity (Wildman–Crippen MR) is 102 cm³/mol. The van der Waals surface area contributed by atoms with E-state index in [-0.39, 0.29) is 30.3 Å². The van der Waals surface area contributed by atoms with E-state index in [0.29, 0.717) is 23.7 Å². The molecule has 0 aromatic carbocycles. The van der Waals surface area contributed by atoms with Crippen molar-refractivity contribution < 1.29 is 14.3 Å². The highest BCUT2D eigenvalue weighted by molar-refractivity contribution is 7.17. The van der Waals surface area contributed by atoms with Gasteiger partial charge in [-0.3, -0.25) is 9.69 Å². The number of amides is 1. The molecule has 1 aliphatic carbocycles. The van der Waals surface area contributed by atoms with E-state index in [0.717, 1.165) is 50.8 Å². The van der Waals surface area contributed by atoms with Crippen molar-refractivity contribution in [2.45, 2.75) is 45.1 Å². The van der Waals surface area contributed by atoms with Gasteiger partial charge in [0.1, 0.15) is 5.00 Å². The van der Waals surface area contributed by atoms with Crippen molar-refractivity contribution in [3.05, 3.63) is 16.0 Å². The fraction of sp³-hybridized carbons (Fsp3) is 0.647. The van der Waals surface area contributed by atoms with Gasteiger partial charge in [0.25, 0.3) is 0 Å². The number of carbonyl (C=O) groups excluding carboxylic acids is 2. The molecule has 3 rings (SSSR count). The number of thiophene rings is 1. The van der Waals surface area contributed by atoms with Crippen LogP contribution in [0, 0.1) is 0 Å². The van der Waals surface area contributed by atoms with Gasteiger partial charge in [-0.15, -0.1) is 23.7 Å². The average Bonchev–Trinajstić information content (AvgIpc) is 3.10. The Kier molecular flexibility index (Phi) is 7.25. The third-order valence-corrected chi connectivity index (χ3v) is 5.86. The number of anilines is 1. The fourth-order valence-electron chi connectivity index (χ4n) is 3.39. The van der Waals surface area contributed by atoms with E-state index >= 15 is 0 Å². The minimum absolute atomic E-state index is 0. The number of ether oxygens (including phenoxy) is 1. The Morgan fingerprint density at radius 1 is 1.32 bits per heavy atom. The first-order valence-electron chi connectivity index (χ1n) is 8.68. The zero-order valence-electron chi connectivity index (χ0n) is 14.5. The quantitative estimate of drug-likeness (QED) is 0.756. The molecule has 2 aliphatic rings. The molecule has 0 spiro atoms. The molecular weight excluding hydrogens is 362 g/mol. The molecule has 0 radical (unpaired) electrons. The lowest BCUT2D eigenvalue weighted by Crippen LogP contribution is -2.43. The van der Waals surface area contributed by atoms with E-state index in [1.165, 1.54) is 16.2 Å². The lowest BCUT2D eigenvalue weighted by Gasteiger charge is -2.29. The van der Waals surface area contributed by atoms with Gasteiger partial charge in [0.05, 0.1) is 18.7 Å². The van der Waals surface area contributed by atoms with Gasteiger partial charge in [-0.2, -0.15) is 0 Å². The number of nitrogens with two attached hydrogens (primary N) is 1. The number of aryl methyl sites for hydroxylation is 1. The van der Waals surface area contributed by atoms with Crippen molar-refractivity contribution in [2.24, 2.45) is 5.73 Å². The normalized spacial score (nSPS) is 17.7. The zero-order valence-corrected chi connectivity index (χ0v) is 16.1. The molecule has 140 valence electrons. The average molecular weight is 388 g/mol. The van der Waals surface area contributed by atoms with Crippen LogP contribution in [0.15, 0.2) is 0 Å².